The number of hydrogen-bond donors (Lipinski definition) is 1. The average Bonchev–Trinajstić information content (AvgIpc) is 2.42. The van der Waals surface area contributed by atoms with Gasteiger partial charge in [0.15, 0.2) is 0 Å². The van der Waals surface area contributed by atoms with Crippen molar-refractivity contribution in [3.63, 3.8) is 0 Å². The van der Waals surface area contributed by atoms with Crippen LogP contribution in [0, 0.1) is 12.7 Å². The van der Waals surface area contributed by atoms with Gasteiger partial charge in [0.05, 0.1) is 12.3 Å². The van der Waals surface area contributed by atoms with Gasteiger partial charge in [-0.1, -0.05) is 18.2 Å². The molecule has 21 heavy (non-hydrogen) atoms. The van der Waals surface area contributed by atoms with E-state index in [2.05, 4.69) is 18.3 Å². The summed E-state index contributed by atoms with van der Waals surface area (Å²) in [6.07, 6.45) is 0.761. The number of nitrogens with one attached hydrogen (secondary N) is 1. The van der Waals surface area contributed by atoms with Gasteiger partial charge in [0.25, 0.3) is 0 Å². The van der Waals surface area contributed by atoms with Crippen molar-refractivity contribution in [2.75, 3.05) is 11.9 Å². The fourth-order valence-corrected chi connectivity index (χ4v) is 2.36. The normalized spacial score (nSPS) is 12.0. The maximum Gasteiger partial charge on any atom is 0.142 e. The molecule has 0 spiro atoms. The number of benzene rings is 2. The van der Waals surface area contributed by atoms with E-state index in [0.29, 0.717) is 6.61 Å². The average molecular weight is 287 g/mol. The Bertz CT molecular complexity index is 598. The van der Waals surface area contributed by atoms with Gasteiger partial charge in [0.2, 0.25) is 0 Å². The molecule has 2 nitrogen and oxygen atoms in total. The smallest absolute Gasteiger partial charge is 0.142 e. The molecular formula is C18H22FNO. The lowest BCUT2D eigenvalue weighted by molar-refractivity contribution is 0.341. The first-order valence-electron chi connectivity index (χ1n) is 7.33. The highest BCUT2D eigenvalue weighted by Gasteiger charge is 2.09. The van der Waals surface area contributed by atoms with E-state index in [1.165, 1.54) is 11.6 Å². The van der Waals surface area contributed by atoms with Crippen LogP contribution >= 0.6 is 0 Å². The Balaban J connectivity index is 2.07. The summed E-state index contributed by atoms with van der Waals surface area (Å²) in [6, 6.07) is 13.0. The van der Waals surface area contributed by atoms with Crippen LogP contribution in [0.1, 0.15) is 25.0 Å². The van der Waals surface area contributed by atoms with Gasteiger partial charge < -0.3 is 10.1 Å². The Morgan fingerprint density at radius 3 is 2.71 bits per heavy atom. The van der Waals surface area contributed by atoms with Crippen LogP contribution in [-0.2, 0) is 6.42 Å². The molecule has 2 rings (SSSR count). The summed E-state index contributed by atoms with van der Waals surface area (Å²) in [6.45, 7) is 6.74. The van der Waals surface area contributed by atoms with Crippen molar-refractivity contribution in [2.45, 2.75) is 33.2 Å². The summed E-state index contributed by atoms with van der Waals surface area (Å²) >= 11 is 0. The first-order chi connectivity index (χ1) is 10.1. The molecule has 0 aliphatic heterocycles. The molecule has 112 valence electrons. The second-order valence-corrected chi connectivity index (χ2v) is 5.31. The van der Waals surface area contributed by atoms with E-state index in [-0.39, 0.29) is 11.9 Å². The van der Waals surface area contributed by atoms with Gasteiger partial charge in [-0.25, -0.2) is 4.39 Å². The Morgan fingerprint density at radius 1 is 1.19 bits per heavy atom. The number of halogens is 1. The molecule has 0 aliphatic rings. The van der Waals surface area contributed by atoms with E-state index in [1.54, 1.807) is 12.1 Å². The third kappa shape index (κ3) is 4.48. The second-order valence-electron chi connectivity index (χ2n) is 5.31. The van der Waals surface area contributed by atoms with Crippen LogP contribution in [0.3, 0.4) is 0 Å². The largest absolute Gasteiger partial charge is 0.492 e. The molecule has 0 fully saturated rings. The van der Waals surface area contributed by atoms with Crippen LogP contribution in [0.5, 0.6) is 5.75 Å². The van der Waals surface area contributed by atoms with Crippen molar-refractivity contribution in [1.29, 1.82) is 0 Å². The molecule has 0 aromatic heterocycles. The third-order valence-corrected chi connectivity index (χ3v) is 3.27. The van der Waals surface area contributed by atoms with Gasteiger partial charge in [-0.2, -0.15) is 0 Å². The molecule has 2 aromatic carbocycles. The fraction of sp³-hybridized carbons (Fsp3) is 0.333. The number of aryl methyl sites for hydroxylation is 1. The minimum Gasteiger partial charge on any atom is -0.492 e. The van der Waals surface area contributed by atoms with E-state index in [4.69, 9.17) is 4.74 Å². The molecule has 0 amide bonds. The molecule has 0 saturated carbocycles. The van der Waals surface area contributed by atoms with Gasteiger partial charge in [-0.05, 0) is 62.6 Å². The summed E-state index contributed by atoms with van der Waals surface area (Å²) in [5, 5.41) is 3.44. The molecule has 0 heterocycles. The summed E-state index contributed by atoms with van der Waals surface area (Å²) in [5.41, 5.74) is 3.13. The first kappa shape index (κ1) is 15.4. The summed E-state index contributed by atoms with van der Waals surface area (Å²) < 4.78 is 18.9. The molecule has 0 saturated heterocycles. The van der Waals surface area contributed by atoms with Crippen LogP contribution in [0.2, 0.25) is 0 Å². The molecule has 0 radical (unpaired) electrons. The standard InChI is InChI=1S/C18H22FNO/c1-4-21-18-10-13(2)8-9-17(18)20-14(3)11-15-6-5-7-16(19)12-15/h5-10,12,14,20H,4,11H2,1-3H3. The Hall–Kier alpha value is -2.03. The molecule has 2 aromatic rings. The fourth-order valence-electron chi connectivity index (χ4n) is 2.36. The molecule has 1 atom stereocenters. The number of ether oxygens (including phenoxy) is 1. The lowest BCUT2D eigenvalue weighted by Gasteiger charge is -2.18. The van der Waals surface area contributed by atoms with Gasteiger partial charge in [0.1, 0.15) is 11.6 Å². The summed E-state index contributed by atoms with van der Waals surface area (Å²) in [4.78, 5) is 0. The quantitative estimate of drug-likeness (QED) is 0.840. The highest BCUT2D eigenvalue weighted by Crippen LogP contribution is 2.26. The third-order valence-electron chi connectivity index (χ3n) is 3.27. The molecule has 0 bridgehead atoms. The predicted octanol–water partition coefficient (Wildman–Crippen LogP) is 4.58. The molecular weight excluding hydrogens is 265 g/mol. The van der Waals surface area contributed by atoms with Crippen molar-refractivity contribution in [2.24, 2.45) is 0 Å². The van der Waals surface area contributed by atoms with Gasteiger partial charge in [-0.15, -0.1) is 0 Å². The van der Waals surface area contributed by atoms with Crippen LogP contribution < -0.4 is 10.1 Å². The maximum atomic E-state index is 13.2. The zero-order valence-electron chi connectivity index (χ0n) is 12.8. The van der Waals surface area contributed by atoms with Crippen molar-refractivity contribution < 1.29 is 9.13 Å². The van der Waals surface area contributed by atoms with Crippen LogP contribution in [-0.4, -0.2) is 12.6 Å². The van der Waals surface area contributed by atoms with Crippen LogP contribution in [0.15, 0.2) is 42.5 Å². The number of anilines is 1. The lowest BCUT2D eigenvalue weighted by Crippen LogP contribution is -2.18. The van der Waals surface area contributed by atoms with E-state index in [0.717, 1.165) is 23.4 Å². The Kier molecular flexibility index (Phi) is 5.20. The lowest BCUT2D eigenvalue weighted by atomic mass is 10.1. The van der Waals surface area contributed by atoms with Crippen molar-refractivity contribution >= 4 is 5.69 Å². The van der Waals surface area contributed by atoms with E-state index in [9.17, 15) is 4.39 Å². The minimum atomic E-state index is -0.190. The monoisotopic (exact) mass is 287 g/mol. The first-order valence-corrected chi connectivity index (χ1v) is 7.33. The molecule has 1 N–H and O–H groups in total. The van der Waals surface area contributed by atoms with E-state index >= 15 is 0 Å². The van der Waals surface area contributed by atoms with Gasteiger partial charge >= 0.3 is 0 Å². The SMILES string of the molecule is CCOc1cc(C)ccc1NC(C)Cc1cccc(F)c1. The minimum absolute atomic E-state index is 0.189. The van der Waals surface area contributed by atoms with Gasteiger partial charge in [-0.3, -0.25) is 0 Å². The van der Waals surface area contributed by atoms with E-state index in [1.807, 2.05) is 32.0 Å². The molecule has 1 unspecified atom stereocenters. The predicted molar refractivity (Wildman–Crippen MR) is 85.5 cm³/mol. The van der Waals surface area contributed by atoms with Crippen LogP contribution in [0.25, 0.3) is 0 Å². The highest BCUT2D eigenvalue weighted by molar-refractivity contribution is 5.58. The zero-order chi connectivity index (χ0) is 15.2. The topological polar surface area (TPSA) is 21.3 Å². The van der Waals surface area contributed by atoms with Crippen molar-refractivity contribution in [3.8, 4) is 5.75 Å². The number of hydrogen-bond acceptors (Lipinski definition) is 2. The molecule has 3 heteroatoms. The van der Waals surface area contributed by atoms with E-state index < -0.39 is 0 Å². The summed E-state index contributed by atoms with van der Waals surface area (Å²) in [5.74, 6) is 0.675. The summed E-state index contributed by atoms with van der Waals surface area (Å²) in [7, 11) is 0. The zero-order valence-corrected chi connectivity index (χ0v) is 12.8. The maximum absolute atomic E-state index is 13.2. The number of rotatable bonds is 6. The van der Waals surface area contributed by atoms with Crippen molar-refractivity contribution in [3.05, 3.63) is 59.4 Å². The second kappa shape index (κ2) is 7.11. The van der Waals surface area contributed by atoms with Crippen molar-refractivity contribution in [1.82, 2.24) is 0 Å². The molecule has 0 aliphatic carbocycles. The van der Waals surface area contributed by atoms with Crippen LogP contribution in [0.4, 0.5) is 10.1 Å². The van der Waals surface area contributed by atoms with Gasteiger partial charge in [0, 0.05) is 6.04 Å². The Morgan fingerprint density at radius 2 is 2.00 bits per heavy atom. The Labute approximate surface area is 126 Å². The highest BCUT2D eigenvalue weighted by atomic mass is 19.1.